The van der Waals surface area contributed by atoms with E-state index < -0.39 is 0 Å². The molecule has 9 nitrogen and oxygen atoms in total. The topological polar surface area (TPSA) is 90.7 Å². The minimum absolute atomic E-state index is 0.215. The van der Waals surface area contributed by atoms with E-state index >= 15 is 0 Å². The maximum Gasteiger partial charge on any atom is 0.255 e. The van der Waals surface area contributed by atoms with E-state index in [1.165, 1.54) is 7.11 Å². The number of carbonyl (C=O) groups is 1. The Kier molecular flexibility index (Phi) is 8.35. The summed E-state index contributed by atoms with van der Waals surface area (Å²) in [5.74, 6) is 2.53. The fraction of sp³-hybridized carbons (Fsp3) is 0.550. The fourth-order valence-corrected chi connectivity index (χ4v) is 4.16. The summed E-state index contributed by atoms with van der Waals surface area (Å²) in [4.78, 5) is 15.0. The van der Waals surface area contributed by atoms with Crippen molar-refractivity contribution in [3.8, 4) is 11.5 Å². The minimum Gasteiger partial charge on any atom is -0.493 e. The third-order valence-corrected chi connectivity index (χ3v) is 5.95. The Balaban J connectivity index is 1.48. The van der Waals surface area contributed by atoms with Gasteiger partial charge in [-0.15, -0.1) is 10.2 Å². The third-order valence-electron chi connectivity index (χ3n) is 4.95. The Labute approximate surface area is 181 Å². The van der Waals surface area contributed by atoms with E-state index in [2.05, 4.69) is 20.4 Å². The molecule has 1 fully saturated rings. The highest BCUT2D eigenvalue weighted by Crippen LogP contribution is 2.30. The number of thioether (sulfide) groups is 1. The monoisotopic (exact) mass is 435 g/mol. The lowest BCUT2D eigenvalue weighted by Gasteiger charge is -2.26. The molecule has 10 heteroatoms. The van der Waals surface area contributed by atoms with Crippen LogP contribution in [0.3, 0.4) is 0 Å². The van der Waals surface area contributed by atoms with E-state index in [1.54, 1.807) is 37.1 Å². The summed E-state index contributed by atoms with van der Waals surface area (Å²) in [6.45, 7) is 5.06. The molecule has 1 aromatic heterocycles. The van der Waals surface area contributed by atoms with Crippen molar-refractivity contribution in [1.29, 1.82) is 0 Å². The van der Waals surface area contributed by atoms with Crippen LogP contribution >= 0.6 is 11.8 Å². The van der Waals surface area contributed by atoms with Gasteiger partial charge in [0.25, 0.3) is 5.91 Å². The molecule has 2 heterocycles. The van der Waals surface area contributed by atoms with Gasteiger partial charge in [0.15, 0.2) is 16.7 Å². The van der Waals surface area contributed by atoms with Crippen LogP contribution in [-0.4, -0.2) is 84.9 Å². The lowest BCUT2D eigenvalue weighted by molar-refractivity contribution is 0.0410. The van der Waals surface area contributed by atoms with Gasteiger partial charge in [0.1, 0.15) is 5.82 Å². The van der Waals surface area contributed by atoms with Crippen molar-refractivity contribution in [2.75, 3.05) is 59.4 Å². The molecular formula is C20H29N5O4S. The van der Waals surface area contributed by atoms with E-state index in [9.17, 15) is 4.79 Å². The Morgan fingerprint density at radius 1 is 1.23 bits per heavy atom. The summed E-state index contributed by atoms with van der Waals surface area (Å²) in [7, 11) is 5.02. The summed E-state index contributed by atoms with van der Waals surface area (Å²) in [6.07, 6.45) is 0.589. The molecule has 1 aliphatic heterocycles. The van der Waals surface area contributed by atoms with Crippen molar-refractivity contribution in [2.45, 2.75) is 11.6 Å². The van der Waals surface area contributed by atoms with Crippen molar-refractivity contribution >= 4 is 17.7 Å². The van der Waals surface area contributed by atoms with Gasteiger partial charge in [-0.25, -0.2) is 0 Å². The summed E-state index contributed by atoms with van der Waals surface area (Å²) in [5, 5.41) is 12.4. The molecule has 1 aliphatic rings. The highest BCUT2D eigenvalue weighted by Gasteiger charge is 2.17. The zero-order valence-electron chi connectivity index (χ0n) is 17.7. The lowest BCUT2D eigenvalue weighted by atomic mass is 10.1. The molecule has 1 aromatic carbocycles. The van der Waals surface area contributed by atoms with Gasteiger partial charge >= 0.3 is 0 Å². The molecule has 0 unspecified atom stereocenters. The van der Waals surface area contributed by atoms with Crippen LogP contribution in [0.5, 0.6) is 11.5 Å². The summed E-state index contributed by atoms with van der Waals surface area (Å²) < 4.78 is 17.9. The second-order valence-corrected chi connectivity index (χ2v) is 7.87. The summed E-state index contributed by atoms with van der Waals surface area (Å²) >= 11 is 1.70. The quantitative estimate of drug-likeness (QED) is 0.558. The molecule has 2 aromatic rings. The van der Waals surface area contributed by atoms with Crippen LogP contribution in [0.2, 0.25) is 0 Å². The smallest absolute Gasteiger partial charge is 0.255 e. The van der Waals surface area contributed by atoms with Crippen LogP contribution in [0.1, 0.15) is 16.2 Å². The third kappa shape index (κ3) is 5.65. The zero-order valence-corrected chi connectivity index (χ0v) is 18.5. The van der Waals surface area contributed by atoms with Gasteiger partial charge in [0.2, 0.25) is 0 Å². The largest absolute Gasteiger partial charge is 0.493 e. The molecule has 0 bridgehead atoms. The summed E-state index contributed by atoms with van der Waals surface area (Å²) in [5.41, 5.74) is 0.439. The standard InChI is InChI=1S/C20H29N5O4S/c1-24-17(22-23-20(24)30-14-11-25-9-12-29-13-10-25)7-8-21-19(26)15-5-4-6-16(27-2)18(15)28-3/h4-6H,7-14H2,1-3H3,(H,21,26). The number of benzene rings is 1. The van der Waals surface area contributed by atoms with E-state index in [0.29, 0.717) is 30.0 Å². The van der Waals surface area contributed by atoms with Crippen molar-refractivity contribution in [1.82, 2.24) is 25.0 Å². The lowest BCUT2D eigenvalue weighted by Crippen LogP contribution is -2.37. The fourth-order valence-electron chi connectivity index (χ4n) is 3.23. The van der Waals surface area contributed by atoms with Gasteiger partial charge in [-0.05, 0) is 12.1 Å². The first-order valence-corrected chi connectivity index (χ1v) is 10.9. The van der Waals surface area contributed by atoms with Crippen LogP contribution in [0.25, 0.3) is 0 Å². The molecule has 3 rings (SSSR count). The second kappa shape index (κ2) is 11.2. The number of para-hydroxylation sites is 1. The van der Waals surface area contributed by atoms with E-state index in [4.69, 9.17) is 14.2 Å². The van der Waals surface area contributed by atoms with Crippen LogP contribution in [0.15, 0.2) is 23.4 Å². The SMILES string of the molecule is COc1cccc(C(=O)NCCc2nnc(SCCN3CCOCC3)n2C)c1OC. The molecule has 0 aliphatic carbocycles. The first-order valence-electron chi connectivity index (χ1n) is 9.94. The number of nitrogens with zero attached hydrogens (tertiary/aromatic N) is 4. The number of amides is 1. The van der Waals surface area contributed by atoms with Crippen molar-refractivity contribution in [2.24, 2.45) is 7.05 Å². The van der Waals surface area contributed by atoms with Crippen molar-refractivity contribution in [3.05, 3.63) is 29.6 Å². The van der Waals surface area contributed by atoms with E-state index in [0.717, 1.165) is 49.6 Å². The molecule has 1 saturated heterocycles. The number of aromatic nitrogens is 3. The van der Waals surface area contributed by atoms with Crippen LogP contribution in [0.4, 0.5) is 0 Å². The van der Waals surface area contributed by atoms with Gasteiger partial charge in [-0.1, -0.05) is 17.8 Å². The van der Waals surface area contributed by atoms with Crippen molar-refractivity contribution < 1.29 is 19.0 Å². The van der Waals surface area contributed by atoms with Gasteiger partial charge in [0.05, 0.1) is 33.0 Å². The van der Waals surface area contributed by atoms with Crippen LogP contribution < -0.4 is 14.8 Å². The molecule has 0 spiro atoms. The number of nitrogens with one attached hydrogen (secondary N) is 1. The number of hydrogen-bond donors (Lipinski definition) is 1. The molecule has 0 atom stereocenters. The van der Waals surface area contributed by atoms with Crippen LogP contribution in [0, 0.1) is 0 Å². The first kappa shape index (κ1) is 22.4. The Morgan fingerprint density at radius 3 is 2.77 bits per heavy atom. The second-order valence-electron chi connectivity index (χ2n) is 6.81. The predicted octanol–water partition coefficient (Wildman–Crippen LogP) is 1.23. The van der Waals surface area contributed by atoms with E-state index in [-0.39, 0.29) is 5.91 Å². The highest BCUT2D eigenvalue weighted by molar-refractivity contribution is 7.99. The molecule has 164 valence electrons. The predicted molar refractivity (Wildman–Crippen MR) is 115 cm³/mol. The average molecular weight is 436 g/mol. The average Bonchev–Trinajstić information content (AvgIpc) is 3.13. The Bertz CT molecular complexity index is 839. The number of carbonyl (C=O) groups excluding carboxylic acids is 1. The zero-order chi connectivity index (χ0) is 21.3. The maximum absolute atomic E-state index is 12.6. The highest BCUT2D eigenvalue weighted by atomic mass is 32.2. The molecule has 0 radical (unpaired) electrons. The first-order chi connectivity index (χ1) is 14.6. The minimum atomic E-state index is -0.215. The van der Waals surface area contributed by atoms with E-state index in [1.807, 2.05) is 11.6 Å². The van der Waals surface area contributed by atoms with Crippen LogP contribution in [-0.2, 0) is 18.2 Å². The van der Waals surface area contributed by atoms with Gasteiger partial charge in [0, 0.05) is 45.4 Å². The molecule has 0 saturated carbocycles. The summed E-state index contributed by atoms with van der Waals surface area (Å²) in [6, 6.07) is 5.23. The number of morpholine rings is 1. The molecule has 30 heavy (non-hydrogen) atoms. The molecule has 1 amide bonds. The van der Waals surface area contributed by atoms with Crippen molar-refractivity contribution in [3.63, 3.8) is 0 Å². The Morgan fingerprint density at radius 2 is 2.03 bits per heavy atom. The Hall–Kier alpha value is -2.30. The van der Waals surface area contributed by atoms with Gasteiger partial charge in [-0.2, -0.15) is 0 Å². The maximum atomic E-state index is 12.6. The number of rotatable bonds is 10. The number of hydrogen-bond acceptors (Lipinski definition) is 8. The number of ether oxygens (including phenoxy) is 3. The van der Waals surface area contributed by atoms with Gasteiger partial charge in [-0.3, -0.25) is 9.69 Å². The normalized spacial score (nSPS) is 14.5. The van der Waals surface area contributed by atoms with Gasteiger partial charge < -0.3 is 24.1 Å². The molecule has 1 N–H and O–H groups in total. The molecular weight excluding hydrogens is 406 g/mol. The number of methoxy groups -OCH3 is 2.